The highest BCUT2D eigenvalue weighted by Crippen LogP contribution is 2.30. The number of carbonyl (C=O) groups excluding carboxylic acids is 1. The molecule has 0 aromatic carbocycles. The first-order valence-corrected chi connectivity index (χ1v) is 7.50. The van der Waals surface area contributed by atoms with E-state index in [1.165, 1.54) is 0 Å². The molecular formula is C13H17N5O8. The van der Waals surface area contributed by atoms with Crippen molar-refractivity contribution < 1.29 is 29.6 Å². The molecule has 1 saturated heterocycles. The maximum absolute atomic E-state index is 12.8. The normalized spacial score (nSPS) is 25.7. The lowest BCUT2D eigenvalue weighted by Crippen LogP contribution is -2.36. The fourth-order valence-corrected chi connectivity index (χ4v) is 2.86. The van der Waals surface area contributed by atoms with Crippen LogP contribution in [0.2, 0.25) is 0 Å². The Morgan fingerprint density at radius 1 is 1.38 bits per heavy atom. The van der Waals surface area contributed by atoms with Crippen molar-refractivity contribution in [3.8, 4) is 0 Å². The first-order chi connectivity index (χ1) is 12.3. The first kappa shape index (κ1) is 18.1. The highest BCUT2D eigenvalue weighted by Gasteiger charge is 2.45. The van der Waals surface area contributed by atoms with Crippen molar-refractivity contribution in [2.24, 2.45) is 0 Å². The third-order valence-corrected chi connectivity index (χ3v) is 4.12. The van der Waals surface area contributed by atoms with Crippen LogP contribution in [0.3, 0.4) is 0 Å². The number of nitrogens with two attached hydrogens (primary N) is 1. The molecule has 3 heterocycles. The van der Waals surface area contributed by atoms with Crippen LogP contribution in [-0.4, -0.2) is 72.4 Å². The highest BCUT2D eigenvalue weighted by atomic mass is 16.6. The number of rotatable bonds is 4. The van der Waals surface area contributed by atoms with Gasteiger partial charge >= 0.3 is 11.7 Å². The molecule has 1 aliphatic heterocycles. The molecule has 13 heteroatoms. The third-order valence-electron chi connectivity index (χ3n) is 4.12. The van der Waals surface area contributed by atoms with Gasteiger partial charge in [-0.05, 0) is 0 Å². The standard InChI is InChI=1S/C13H17N5O8/c1-25-5(20)2-17-6-9(15-12(14)16-10(6)23)18(13(17)24)11-8(22)7(21)4(3-19)26-11/h4,7-8,11,19,21-22H,2-3H2,1H3,(H3,14,15,16,23)/t4-,7+,8-,11-/m1/s1. The molecule has 2 aromatic heterocycles. The van der Waals surface area contributed by atoms with Crippen molar-refractivity contribution in [1.29, 1.82) is 0 Å². The number of methoxy groups -OCH3 is 1. The molecule has 0 spiro atoms. The number of nitrogens with zero attached hydrogens (tertiary/aromatic N) is 3. The van der Waals surface area contributed by atoms with E-state index in [0.717, 1.165) is 16.2 Å². The van der Waals surface area contributed by atoms with Crippen LogP contribution in [0, 0.1) is 0 Å². The Kier molecular flexibility index (Phi) is 4.53. The van der Waals surface area contributed by atoms with Crippen molar-refractivity contribution in [1.82, 2.24) is 19.1 Å². The second kappa shape index (κ2) is 6.53. The van der Waals surface area contributed by atoms with E-state index in [0.29, 0.717) is 0 Å². The van der Waals surface area contributed by atoms with E-state index < -0.39 is 54.9 Å². The number of fused-ring (bicyclic) bond motifs is 1. The minimum atomic E-state index is -1.59. The number of hydrogen-bond acceptors (Lipinski definition) is 10. The molecule has 1 fully saturated rings. The number of hydrogen-bond donors (Lipinski definition) is 5. The van der Waals surface area contributed by atoms with Crippen LogP contribution in [-0.2, 0) is 20.8 Å². The van der Waals surface area contributed by atoms with E-state index in [1.54, 1.807) is 0 Å². The topological polar surface area (TPSA) is 195 Å². The molecule has 0 aliphatic carbocycles. The predicted octanol–water partition coefficient (Wildman–Crippen LogP) is -3.75. The average molecular weight is 371 g/mol. The number of H-pyrrole nitrogens is 1. The van der Waals surface area contributed by atoms with E-state index in [-0.39, 0.29) is 17.1 Å². The second-order valence-corrected chi connectivity index (χ2v) is 5.67. The Hall–Kier alpha value is -2.74. The van der Waals surface area contributed by atoms with Gasteiger partial charge in [-0.25, -0.2) is 9.36 Å². The number of carbonyl (C=O) groups is 1. The zero-order valence-corrected chi connectivity index (χ0v) is 13.5. The smallest absolute Gasteiger partial charge is 0.333 e. The number of nitrogens with one attached hydrogen (secondary N) is 1. The molecule has 2 aromatic rings. The van der Waals surface area contributed by atoms with Crippen molar-refractivity contribution in [2.75, 3.05) is 19.5 Å². The van der Waals surface area contributed by atoms with E-state index >= 15 is 0 Å². The number of ether oxygens (including phenoxy) is 2. The molecular weight excluding hydrogens is 354 g/mol. The molecule has 0 amide bonds. The van der Waals surface area contributed by atoms with Gasteiger partial charge in [-0.2, -0.15) is 4.98 Å². The Balaban J connectivity index is 2.26. The summed E-state index contributed by atoms with van der Waals surface area (Å²) >= 11 is 0. The van der Waals surface area contributed by atoms with Gasteiger partial charge in [0.15, 0.2) is 17.4 Å². The molecule has 142 valence electrons. The quantitative estimate of drug-likeness (QED) is 0.333. The van der Waals surface area contributed by atoms with Crippen LogP contribution in [0.4, 0.5) is 5.95 Å². The van der Waals surface area contributed by atoms with Crippen LogP contribution in [0.5, 0.6) is 0 Å². The van der Waals surface area contributed by atoms with Crippen LogP contribution >= 0.6 is 0 Å². The molecule has 4 atom stereocenters. The Bertz CT molecular complexity index is 962. The summed E-state index contributed by atoms with van der Waals surface area (Å²) in [6.07, 6.45) is -5.68. The predicted molar refractivity (Wildman–Crippen MR) is 84.1 cm³/mol. The fraction of sp³-hybridized carbons (Fsp3) is 0.538. The summed E-state index contributed by atoms with van der Waals surface area (Å²) in [5.74, 6) is -1.11. The van der Waals surface area contributed by atoms with Crippen molar-refractivity contribution >= 4 is 23.1 Å². The summed E-state index contributed by atoms with van der Waals surface area (Å²) in [7, 11) is 1.11. The van der Waals surface area contributed by atoms with Gasteiger partial charge in [-0.1, -0.05) is 0 Å². The van der Waals surface area contributed by atoms with Gasteiger partial charge in [0.25, 0.3) is 5.56 Å². The average Bonchev–Trinajstić information content (AvgIpc) is 3.02. The highest BCUT2D eigenvalue weighted by molar-refractivity contribution is 5.76. The largest absolute Gasteiger partial charge is 0.468 e. The van der Waals surface area contributed by atoms with E-state index in [2.05, 4.69) is 14.7 Å². The molecule has 0 radical (unpaired) electrons. The molecule has 6 N–H and O–H groups in total. The van der Waals surface area contributed by atoms with Crippen LogP contribution in [0.15, 0.2) is 9.59 Å². The number of esters is 1. The minimum absolute atomic E-state index is 0.255. The Labute approximate surface area is 144 Å². The van der Waals surface area contributed by atoms with E-state index in [9.17, 15) is 29.7 Å². The number of aliphatic hydroxyl groups excluding tert-OH is 3. The SMILES string of the molecule is COC(=O)Cn1c(=O)n([C@@H]2O[C@H](CO)[C@H](O)[C@H]2O)c2nc(N)[nH]c(=O)c21. The number of aliphatic hydroxyl groups is 3. The van der Waals surface area contributed by atoms with E-state index in [1.807, 2.05) is 0 Å². The van der Waals surface area contributed by atoms with Gasteiger partial charge in [-0.3, -0.25) is 19.1 Å². The number of nitrogen functional groups attached to an aromatic ring is 1. The van der Waals surface area contributed by atoms with Crippen molar-refractivity contribution in [3.63, 3.8) is 0 Å². The van der Waals surface area contributed by atoms with Crippen molar-refractivity contribution in [2.45, 2.75) is 31.1 Å². The summed E-state index contributed by atoms with van der Waals surface area (Å²) in [5, 5.41) is 29.3. The van der Waals surface area contributed by atoms with Gasteiger partial charge in [0.2, 0.25) is 5.95 Å². The van der Waals surface area contributed by atoms with Crippen molar-refractivity contribution in [3.05, 3.63) is 20.8 Å². The number of imidazole rings is 1. The van der Waals surface area contributed by atoms with Gasteiger partial charge in [0.05, 0.1) is 13.7 Å². The molecule has 3 rings (SSSR count). The van der Waals surface area contributed by atoms with Crippen LogP contribution in [0.25, 0.3) is 11.2 Å². The Morgan fingerprint density at radius 3 is 2.65 bits per heavy atom. The van der Waals surface area contributed by atoms with E-state index in [4.69, 9.17) is 10.5 Å². The Morgan fingerprint density at radius 2 is 2.08 bits per heavy atom. The maximum Gasteiger partial charge on any atom is 0.333 e. The zero-order valence-electron chi connectivity index (χ0n) is 13.5. The second-order valence-electron chi connectivity index (χ2n) is 5.67. The summed E-state index contributed by atoms with van der Waals surface area (Å²) in [6, 6.07) is 0. The monoisotopic (exact) mass is 371 g/mol. The minimum Gasteiger partial charge on any atom is -0.468 e. The summed E-state index contributed by atoms with van der Waals surface area (Å²) < 4.78 is 11.4. The van der Waals surface area contributed by atoms with Gasteiger partial charge < -0.3 is 30.5 Å². The first-order valence-electron chi connectivity index (χ1n) is 7.50. The number of aromatic nitrogens is 4. The summed E-state index contributed by atoms with van der Waals surface area (Å²) in [4.78, 5) is 42.7. The van der Waals surface area contributed by atoms with Crippen LogP contribution < -0.4 is 17.0 Å². The fourth-order valence-electron chi connectivity index (χ4n) is 2.86. The van der Waals surface area contributed by atoms with Crippen LogP contribution in [0.1, 0.15) is 6.23 Å². The number of anilines is 1. The lowest BCUT2D eigenvalue weighted by Gasteiger charge is -2.15. The van der Waals surface area contributed by atoms with Gasteiger partial charge in [-0.15, -0.1) is 0 Å². The maximum atomic E-state index is 12.8. The molecule has 0 bridgehead atoms. The number of aromatic amines is 1. The lowest BCUT2D eigenvalue weighted by molar-refractivity contribution is -0.141. The molecule has 0 saturated carbocycles. The van der Waals surface area contributed by atoms with Gasteiger partial charge in [0, 0.05) is 0 Å². The zero-order chi connectivity index (χ0) is 19.2. The summed E-state index contributed by atoms with van der Waals surface area (Å²) in [5.41, 5.74) is 3.27. The van der Waals surface area contributed by atoms with Gasteiger partial charge in [0.1, 0.15) is 24.9 Å². The molecule has 1 aliphatic rings. The summed E-state index contributed by atoms with van der Waals surface area (Å²) in [6.45, 7) is -1.21. The third kappa shape index (κ3) is 2.66. The molecule has 26 heavy (non-hydrogen) atoms. The lowest BCUT2D eigenvalue weighted by atomic mass is 10.1. The molecule has 0 unspecified atom stereocenters. The molecule has 13 nitrogen and oxygen atoms in total.